The standard InChI is InChI=1S/C16H16ClN3O4S/c1-3-24-15(22)11-8(2)12(13(18)21)25-14(11)20-16(23)19-10-6-4-5-9(17)7-10/h4-7H,3H2,1-2H3,(H2,18,21)(H2,19,20,23). The van der Waals surface area contributed by atoms with E-state index < -0.39 is 17.9 Å². The molecule has 0 saturated heterocycles. The van der Waals surface area contributed by atoms with Gasteiger partial charge in [0, 0.05) is 10.7 Å². The number of benzene rings is 1. The van der Waals surface area contributed by atoms with Crippen molar-refractivity contribution < 1.29 is 19.1 Å². The number of esters is 1. The molecule has 1 aromatic carbocycles. The molecule has 0 unspecified atom stereocenters. The van der Waals surface area contributed by atoms with Crippen LogP contribution < -0.4 is 16.4 Å². The van der Waals surface area contributed by atoms with Crippen molar-refractivity contribution in [1.29, 1.82) is 0 Å². The van der Waals surface area contributed by atoms with Crippen molar-refractivity contribution in [2.45, 2.75) is 13.8 Å². The Kier molecular flexibility index (Phi) is 6.00. The first kappa shape index (κ1) is 18.8. The summed E-state index contributed by atoms with van der Waals surface area (Å²) in [5, 5.41) is 5.79. The van der Waals surface area contributed by atoms with Crippen LogP contribution in [0.4, 0.5) is 15.5 Å². The number of primary amides is 1. The third kappa shape index (κ3) is 4.49. The van der Waals surface area contributed by atoms with E-state index in [1.165, 1.54) is 0 Å². The number of urea groups is 1. The molecular weight excluding hydrogens is 366 g/mol. The van der Waals surface area contributed by atoms with Gasteiger partial charge in [-0.2, -0.15) is 0 Å². The van der Waals surface area contributed by atoms with Crippen LogP contribution in [0.25, 0.3) is 0 Å². The molecule has 1 aromatic heterocycles. The Morgan fingerprint density at radius 1 is 1.28 bits per heavy atom. The molecule has 0 fully saturated rings. The number of anilines is 2. The highest BCUT2D eigenvalue weighted by Crippen LogP contribution is 2.33. The molecule has 25 heavy (non-hydrogen) atoms. The van der Waals surface area contributed by atoms with Gasteiger partial charge in [0.2, 0.25) is 0 Å². The average Bonchev–Trinajstić information content (AvgIpc) is 2.84. The molecule has 0 aliphatic heterocycles. The quantitative estimate of drug-likeness (QED) is 0.686. The maximum Gasteiger partial charge on any atom is 0.341 e. The van der Waals surface area contributed by atoms with Crippen LogP contribution in [0.15, 0.2) is 24.3 Å². The Morgan fingerprint density at radius 2 is 2.00 bits per heavy atom. The maximum atomic E-state index is 12.2. The second-order valence-electron chi connectivity index (χ2n) is 4.93. The summed E-state index contributed by atoms with van der Waals surface area (Å²) in [6, 6.07) is 5.99. The second kappa shape index (κ2) is 8.00. The Hall–Kier alpha value is -2.58. The van der Waals surface area contributed by atoms with Crippen molar-refractivity contribution in [2.24, 2.45) is 5.73 Å². The van der Waals surface area contributed by atoms with Gasteiger partial charge < -0.3 is 15.8 Å². The molecule has 0 spiro atoms. The van der Waals surface area contributed by atoms with Crippen LogP contribution in [0.2, 0.25) is 5.02 Å². The van der Waals surface area contributed by atoms with Crippen LogP contribution in [-0.4, -0.2) is 24.5 Å². The number of nitrogens with two attached hydrogens (primary N) is 1. The fourth-order valence-electron chi connectivity index (χ4n) is 2.12. The lowest BCUT2D eigenvalue weighted by Gasteiger charge is -2.08. The largest absolute Gasteiger partial charge is 0.462 e. The predicted molar refractivity (Wildman–Crippen MR) is 97.6 cm³/mol. The van der Waals surface area contributed by atoms with Gasteiger partial charge in [-0.15, -0.1) is 11.3 Å². The van der Waals surface area contributed by atoms with Crippen molar-refractivity contribution in [3.63, 3.8) is 0 Å². The van der Waals surface area contributed by atoms with E-state index in [0.29, 0.717) is 16.3 Å². The van der Waals surface area contributed by atoms with Crippen molar-refractivity contribution in [1.82, 2.24) is 0 Å². The molecule has 0 radical (unpaired) electrons. The van der Waals surface area contributed by atoms with Gasteiger partial charge >= 0.3 is 12.0 Å². The highest BCUT2D eigenvalue weighted by atomic mass is 35.5. The molecule has 7 nitrogen and oxygen atoms in total. The zero-order valence-electron chi connectivity index (χ0n) is 13.5. The number of hydrogen-bond donors (Lipinski definition) is 3. The number of carbonyl (C=O) groups excluding carboxylic acids is 3. The zero-order chi connectivity index (χ0) is 18.6. The molecule has 4 N–H and O–H groups in total. The summed E-state index contributed by atoms with van der Waals surface area (Å²) in [6.07, 6.45) is 0. The summed E-state index contributed by atoms with van der Waals surface area (Å²) in [7, 11) is 0. The molecule has 0 aliphatic carbocycles. The average molecular weight is 382 g/mol. The van der Waals surface area contributed by atoms with Gasteiger partial charge in [0.05, 0.1) is 17.0 Å². The molecule has 2 aromatic rings. The van der Waals surface area contributed by atoms with Gasteiger partial charge in [0.25, 0.3) is 5.91 Å². The molecule has 2 rings (SSSR count). The number of halogens is 1. The van der Waals surface area contributed by atoms with E-state index in [0.717, 1.165) is 11.3 Å². The summed E-state index contributed by atoms with van der Waals surface area (Å²) in [5.41, 5.74) is 6.28. The lowest BCUT2D eigenvalue weighted by atomic mass is 10.1. The van der Waals surface area contributed by atoms with Crippen LogP contribution >= 0.6 is 22.9 Å². The monoisotopic (exact) mass is 381 g/mol. The number of ether oxygens (including phenoxy) is 1. The van der Waals surface area contributed by atoms with Crippen LogP contribution in [0, 0.1) is 6.92 Å². The van der Waals surface area contributed by atoms with E-state index in [1.807, 2.05) is 0 Å². The molecule has 0 aliphatic rings. The number of rotatable bonds is 5. The Morgan fingerprint density at radius 3 is 2.60 bits per heavy atom. The maximum absolute atomic E-state index is 12.2. The highest BCUT2D eigenvalue weighted by molar-refractivity contribution is 7.18. The molecule has 1 heterocycles. The van der Waals surface area contributed by atoms with Crippen molar-refractivity contribution in [2.75, 3.05) is 17.2 Å². The first-order valence-electron chi connectivity index (χ1n) is 7.27. The van der Waals surface area contributed by atoms with E-state index >= 15 is 0 Å². The molecule has 0 bridgehead atoms. The third-order valence-electron chi connectivity index (χ3n) is 3.16. The number of nitrogens with one attached hydrogen (secondary N) is 2. The highest BCUT2D eigenvalue weighted by Gasteiger charge is 2.25. The van der Waals surface area contributed by atoms with Gasteiger partial charge in [-0.3, -0.25) is 10.1 Å². The van der Waals surface area contributed by atoms with Gasteiger partial charge in [-0.05, 0) is 37.6 Å². The molecule has 0 atom stereocenters. The number of amides is 3. The van der Waals surface area contributed by atoms with E-state index in [1.54, 1.807) is 38.1 Å². The molecule has 132 valence electrons. The summed E-state index contributed by atoms with van der Waals surface area (Å²) in [4.78, 5) is 36.0. The van der Waals surface area contributed by atoms with Gasteiger partial charge in [-0.25, -0.2) is 9.59 Å². The number of hydrogen-bond acceptors (Lipinski definition) is 5. The second-order valence-corrected chi connectivity index (χ2v) is 6.39. The topological polar surface area (TPSA) is 111 Å². The molecular formula is C16H16ClN3O4S. The van der Waals surface area contributed by atoms with E-state index in [-0.39, 0.29) is 22.0 Å². The molecule has 0 saturated carbocycles. The fourth-order valence-corrected chi connectivity index (χ4v) is 3.35. The van der Waals surface area contributed by atoms with Crippen LogP contribution in [-0.2, 0) is 4.74 Å². The van der Waals surface area contributed by atoms with Crippen molar-refractivity contribution in [3.05, 3.63) is 45.3 Å². The zero-order valence-corrected chi connectivity index (χ0v) is 15.1. The Balaban J connectivity index is 2.28. The Labute approximate surface area is 153 Å². The van der Waals surface area contributed by atoms with E-state index in [9.17, 15) is 14.4 Å². The minimum absolute atomic E-state index is 0.113. The van der Waals surface area contributed by atoms with Gasteiger partial charge in [0.1, 0.15) is 5.00 Å². The molecule has 3 amide bonds. The summed E-state index contributed by atoms with van der Waals surface area (Å²) < 4.78 is 4.98. The first-order valence-corrected chi connectivity index (χ1v) is 8.46. The smallest absolute Gasteiger partial charge is 0.341 e. The van der Waals surface area contributed by atoms with Crippen molar-refractivity contribution >= 4 is 51.5 Å². The number of thiophene rings is 1. The Bertz CT molecular complexity index is 835. The number of carbonyl (C=O) groups is 3. The van der Waals surface area contributed by atoms with Crippen molar-refractivity contribution in [3.8, 4) is 0 Å². The molecule has 9 heteroatoms. The minimum atomic E-state index is -0.684. The van der Waals surface area contributed by atoms with Crippen LogP contribution in [0.3, 0.4) is 0 Å². The van der Waals surface area contributed by atoms with Gasteiger partial charge in [0.15, 0.2) is 0 Å². The third-order valence-corrected chi connectivity index (χ3v) is 4.62. The normalized spacial score (nSPS) is 10.2. The minimum Gasteiger partial charge on any atom is -0.462 e. The van der Waals surface area contributed by atoms with Crippen LogP contribution in [0.1, 0.15) is 32.5 Å². The summed E-state index contributed by atoms with van der Waals surface area (Å²) >= 11 is 6.78. The first-order chi connectivity index (χ1) is 11.8. The van der Waals surface area contributed by atoms with E-state index in [2.05, 4.69) is 10.6 Å². The lowest BCUT2D eigenvalue weighted by Crippen LogP contribution is -2.20. The predicted octanol–water partition coefficient (Wildman–Crippen LogP) is 3.63. The summed E-state index contributed by atoms with van der Waals surface area (Å²) in [5.74, 6) is -1.32. The van der Waals surface area contributed by atoms with E-state index in [4.69, 9.17) is 22.1 Å². The lowest BCUT2D eigenvalue weighted by molar-refractivity contribution is 0.0527. The van der Waals surface area contributed by atoms with Gasteiger partial charge in [-0.1, -0.05) is 17.7 Å². The fraction of sp³-hybridized carbons (Fsp3) is 0.188. The SMILES string of the molecule is CCOC(=O)c1c(NC(=O)Nc2cccc(Cl)c2)sc(C(N)=O)c1C. The summed E-state index contributed by atoms with van der Waals surface area (Å²) in [6.45, 7) is 3.39. The van der Waals surface area contributed by atoms with Crippen LogP contribution in [0.5, 0.6) is 0 Å².